The van der Waals surface area contributed by atoms with E-state index in [9.17, 15) is 4.39 Å². The quantitative estimate of drug-likeness (QED) is 0.807. The van der Waals surface area contributed by atoms with Crippen LogP contribution in [0.2, 0.25) is 0 Å². The summed E-state index contributed by atoms with van der Waals surface area (Å²) in [5.41, 5.74) is 1.06. The molecule has 2 aromatic rings. The van der Waals surface area contributed by atoms with Crippen LogP contribution in [0.4, 0.5) is 4.39 Å². The smallest absolute Gasteiger partial charge is 0.173 e. The first kappa shape index (κ1) is 18.5. The van der Waals surface area contributed by atoms with Crippen molar-refractivity contribution in [3.05, 3.63) is 41.5 Å². The molecule has 7 heteroatoms. The van der Waals surface area contributed by atoms with E-state index in [2.05, 4.69) is 36.9 Å². The molecule has 1 aromatic carbocycles. The Balaban J connectivity index is 1.66. The predicted octanol–water partition coefficient (Wildman–Crippen LogP) is 3.04. The van der Waals surface area contributed by atoms with Crippen LogP contribution in [0.1, 0.15) is 62.5 Å². The van der Waals surface area contributed by atoms with Crippen LogP contribution in [0, 0.1) is 5.82 Å². The van der Waals surface area contributed by atoms with Gasteiger partial charge in [-0.1, -0.05) is 38.3 Å². The first-order valence-electron chi connectivity index (χ1n) is 10.3. The molecule has 2 fully saturated rings. The largest absolute Gasteiger partial charge is 0.301 e. The molecule has 6 nitrogen and oxygen atoms in total. The Labute approximate surface area is 160 Å². The molecule has 2 aliphatic rings. The molecule has 1 atom stereocenters. The van der Waals surface area contributed by atoms with Crippen LogP contribution in [0.25, 0.3) is 0 Å². The lowest BCUT2D eigenvalue weighted by atomic mass is 9.95. The average molecular weight is 372 g/mol. The van der Waals surface area contributed by atoms with E-state index in [1.165, 1.54) is 19.3 Å². The SMILES string of the molecule is CCN1CCN(C(c2ccc(F)cc2)c2nnnn2C2CCCCC2)CC1. The van der Waals surface area contributed by atoms with Gasteiger partial charge in [0.1, 0.15) is 5.82 Å². The maximum absolute atomic E-state index is 13.5. The Morgan fingerprint density at radius 3 is 2.41 bits per heavy atom. The summed E-state index contributed by atoms with van der Waals surface area (Å²) in [6, 6.07) is 7.20. The zero-order valence-electron chi connectivity index (χ0n) is 16.1. The van der Waals surface area contributed by atoms with Crippen LogP contribution < -0.4 is 0 Å². The Bertz CT molecular complexity index is 716. The standard InChI is InChI=1S/C20H29FN6/c1-2-25-12-14-26(15-13-25)19(16-8-10-17(21)11-9-16)20-22-23-24-27(20)18-6-4-3-5-7-18/h8-11,18-19H,2-7,12-15H2,1H3. The third-order valence-corrected chi connectivity index (χ3v) is 6.09. The Kier molecular flexibility index (Phi) is 5.78. The molecule has 1 aromatic heterocycles. The molecule has 27 heavy (non-hydrogen) atoms. The second-order valence-corrected chi connectivity index (χ2v) is 7.70. The molecule has 1 saturated heterocycles. The van der Waals surface area contributed by atoms with Crippen molar-refractivity contribution in [1.29, 1.82) is 0 Å². The third kappa shape index (κ3) is 4.04. The number of aromatic nitrogens is 4. The van der Waals surface area contributed by atoms with E-state index in [0.717, 1.165) is 57.0 Å². The highest BCUT2D eigenvalue weighted by molar-refractivity contribution is 5.25. The minimum Gasteiger partial charge on any atom is -0.301 e. The van der Waals surface area contributed by atoms with Crippen LogP contribution in [0.3, 0.4) is 0 Å². The second kappa shape index (κ2) is 8.44. The maximum atomic E-state index is 13.5. The van der Waals surface area contributed by atoms with Crippen molar-refractivity contribution in [2.24, 2.45) is 0 Å². The van der Waals surface area contributed by atoms with Gasteiger partial charge in [-0.2, -0.15) is 0 Å². The van der Waals surface area contributed by atoms with Gasteiger partial charge in [0, 0.05) is 26.2 Å². The minimum absolute atomic E-state index is 0.0264. The highest BCUT2D eigenvalue weighted by Crippen LogP contribution is 2.33. The molecule has 0 radical (unpaired) electrons. The molecule has 1 saturated carbocycles. The first-order chi connectivity index (χ1) is 13.3. The average Bonchev–Trinajstić information content (AvgIpc) is 3.20. The van der Waals surface area contributed by atoms with Crippen molar-refractivity contribution in [3.8, 4) is 0 Å². The van der Waals surface area contributed by atoms with Crippen molar-refractivity contribution in [2.45, 2.75) is 51.1 Å². The number of likely N-dealkylation sites (N-methyl/N-ethyl adjacent to an activating group) is 1. The summed E-state index contributed by atoms with van der Waals surface area (Å²) in [6.07, 6.45) is 6.05. The number of halogens is 1. The number of piperazine rings is 1. The molecule has 0 amide bonds. The van der Waals surface area contributed by atoms with Crippen molar-refractivity contribution in [1.82, 2.24) is 30.0 Å². The van der Waals surface area contributed by atoms with Crippen LogP contribution in [-0.2, 0) is 0 Å². The van der Waals surface area contributed by atoms with Gasteiger partial charge in [-0.25, -0.2) is 9.07 Å². The maximum Gasteiger partial charge on any atom is 0.173 e. The molecule has 0 spiro atoms. The number of hydrogen-bond acceptors (Lipinski definition) is 5. The summed E-state index contributed by atoms with van der Waals surface area (Å²) in [5, 5.41) is 12.9. The van der Waals surface area contributed by atoms with Gasteiger partial charge >= 0.3 is 0 Å². The summed E-state index contributed by atoms with van der Waals surface area (Å²) in [5.74, 6) is 0.693. The summed E-state index contributed by atoms with van der Waals surface area (Å²) in [7, 11) is 0. The van der Waals surface area contributed by atoms with Crippen molar-refractivity contribution >= 4 is 0 Å². The Morgan fingerprint density at radius 2 is 1.74 bits per heavy atom. The van der Waals surface area contributed by atoms with Gasteiger partial charge in [-0.05, 0) is 47.5 Å². The lowest BCUT2D eigenvalue weighted by Gasteiger charge is -2.39. The molecular formula is C20H29FN6. The first-order valence-corrected chi connectivity index (χ1v) is 10.3. The van der Waals surface area contributed by atoms with Crippen LogP contribution >= 0.6 is 0 Å². The van der Waals surface area contributed by atoms with E-state index in [-0.39, 0.29) is 11.9 Å². The predicted molar refractivity (Wildman–Crippen MR) is 102 cm³/mol. The highest BCUT2D eigenvalue weighted by Gasteiger charge is 2.32. The topological polar surface area (TPSA) is 50.1 Å². The molecule has 1 aliphatic carbocycles. The molecule has 1 unspecified atom stereocenters. The van der Waals surface area contributed by atoms with E-state index in [4.69, 9.17) is 0 Å². The summed E-state index contributed by atoms with van der Waals surface area (Å²) in [4.78, 5) is 4.91. The fraction of sp³-hybridized carbons (Fsp3) is 0.650. The van der Waals surface area contributed by atoms with Crippen molar-refractivity contribution in [2.75, 3.05) is 32.7 Å². The molecule has 146 valence electrons. The second-order valence-electron chi connectivity index (χ2n) is 7.70. The minimum atomic E-state index is -0.208. The molecule has 0 N–H and O–H groups in total. The molecule has 1 aliphatic heterocycles. The summed E-state index contributed by atoms with van der Waals surface area (Å²) < 4.78 is 15.6. The van der Waals surface area contributed by atoms with Crippen LogP contribution in [0.5, 0.6) is 0 Å². The van der Waals surface area contributed by atoms with Gasteiger partial charge in [0.05, 0.1) is 12.1 Å². The molecule has 0 bridgehead atoms. The monoisotopic (exact) mass is 372 g/mol. The van der Waals surface area contributed by atoms with E-state index in [1.807, 2.05) is 12.1 Å². The molecule has 2 heterocycles. The fourth-order valence-corrected chi connectivity index (χ4v) is 4.47. The number of nitrogens with zero attached hydrogens (tertiary/aromatic N) is 6. The number of hydrogen-bond donors (Lipinski definition) is 0. The third-order valence-electron chi connectivity index (χ3n) is 6.09. The van der Waals surface area contributed by atoms with Crippen molar-refractivity contribution < 1.29 is 4.39 Å². The van der Waals surface area contributed by atoms with Gasteiger partial charge in [0.25, 0.3) is 0 Å². The summed E-state index contributed by atoms with van der Waals surface area (Å²) in [6.45, 7) is 7.30. The fourth-order valence-electron chi connectivity index (χ4n) is 4.47. The number of benzene rings is 1. The van der Waals surface area contributed by atoms with Gasteiger partial charge in [0.15, 0.2) is 5.82 Å². The van der Waals surface area contributed by atoms with Gasteiger partial charge in [-0.15, -0.1) is 5.10 Å². The van der Waals surface area contributed by atoms with Gasteiger partial charge in [0.2, 0.25) is 0 Å². The highest BCUT2D eigenvalue weighted by atomic mass is 19.1. The number of tetrazole rings is 1. The Hall–Kier alpha value is -1.86. The van der Waals surface area contributed by atoms with E-state index >= 15 is 0 Å². The zero-order chi connectivity index (χ0) is 18.6. The van der Waals surface area contributed by atoms with Crippen LogP contribution in [-0.4, -0.2) is 62.7 Å². The lowest BCUT2D eigenvalue weighted by Crippen LogP contribution is -2.48. The van der Waals surface area contributed by atoms with Gasteiger partial charge < -0.3 is 4.90 Å². The van der Waals surface area contributed by atoms with Gasteiger partial charge in [-0.3, -0.25) is 4.90 Å². The molecular weight excluding hydrogens is 343 g/mol. The van der Waals surface area contributed by atoms with Crippen LogP contribution in [0.15, 0.2) is 24.3 Å². The van der Waals surface area contributed by atoms with E-state index < -0.39 is 0 Å². The number of rotatable bonds is 5. The Morgan fingerprint density at radius 1 is 1.04 bits per heavy atom. The van der Waals surface area contributed by atoms with E-state index in [0.29, 0.717) is 6.04 Å². The van der Waals surface area contributed by atoms with Crippen molar-refractivity contribution in [3.63, 3.8) is 0 Å². The molecule has 4 rings (SSSR count). The zero-order valence-corrected chi connectivity index (χ0v) is 16.1. The lowest BCUT2D eigenvalue weighted by molar-refractivity contribution is 0.107. The normalized spacial score (nSPS) is 21.4. The summed E-state index contributed by atoms with van der Waals surface area (Å²) >= 11 is 0. The van der Waals surface area contributed by atoms with E-state index in [1.54, 1.807) is 12.1 Å².